The molecule has 0 saturated heterocycles. The lowest BCUT2D eigenvalue weighted by atomic mass is 10.1. The van der Waals surface area contributed by atoms with Gasteiger partial charge in [0.25, 0.3) is 0 Å². The van der Waals surface area contributed by atoms with Crippen LogP contribution in [0.25, 0.3) is 0 Å². The number of rotatable bonds is 1. The molecule has 0 aromatic carbocycles. The minimum Gasteiger partial charge on any atom is -0.165 e. The average molecular weight is 198 g/mol. The van der Waals surface area contributed by atoms with Crippen molar-refractivity contribution in [3.05, 3.63) is 17.5 Å². The van der Waals surface area contributed by atoms with Gasteiger partial charge in [0.15, 0.2) is 0 Å². The van der Waals surface area contributed by atoms with Gasteiger partial charge < -0.3 is 0 Å². The standard InChI is InChI=1S/C8H9ClF3/c1-7(2)4-5(7)3-6(9)8(10,11)12/h3-5H,1-2H3/b6-3-. The van der Waals surface area contributed by atoms with E-state index in [0.29, 0.717) is 0 Å². The van der Waals surface area contributed by atoms with E-state index in [9.17, 15) is 13.2 Å². The molecule has 1 saturated carbocycles. The first kappa shape index (κ1) is 9.90. The van der Waals surface area contributed by atoms with Gasteiger partial charge >= 0.3 is 6.18 Å². The van der Waals surface area contributed by atoms with Gasteiger partial charge in [0.2, 0.25) is 0 Å². The van der Waals surface area contributed by atoms with Crippen molar-refractivity contribution in [2.24, 2.45) is 11.3 Å². The summed E-state index contributed by atoms with van der Waals surface area (Å²) in [4.78, 5) is 0. The molecule has 0 aliphatic heterocycles. The van der Waals surface area contributed by atoms with Gasteiger partial charge in [0, 0.05) is 0 Å². The monoisotopic (exact) mass is 197 g/mol. The van der Waals surface area contributed by atoms with Crippen LogP contribution in [0.3, 0.4) is 0 Å². The van der Waals surface area contributed by atoms with Crippen molar-refractivity contribution in [3.8, 4) is 0 Å². The lowest BCUT2D eigenvalue weighted by Crippen LogP contribution is -2.07. The third-order valence-electron chi connectivity index (χ3n) is 1.96. The minimum atomic E-state index is -4.39. The number of alkyl halides is 3. The van der Waals surface area contributed by atoms with E-state index >= 15 is 0 Å². The smallest absolute Gasteiger partial charge is 0.165 e. The van der Waals surface area contributed by atoms with Crippen molar-refractivity contribution in [2.45, 2.75) is 20.0 Å². The fourth-order valence-corrected chi connectivity index (χ4v) is 1.07. The van der Waals surface area contributed by atoms with Crippen LogP contribution in [0.15, 0.2) is 11.1 Å². The molecule has 1 aliphatic rings. The summed E-state index contributed by atoms with van der Waals surface area (Å²) in [5, 5.41) is -1.02. The van der Waals surface area contributed by atoms with E-state index in [1.54, 1.807) is 0 Å². The Morgan fingerprint density at radius 3 is 2.17 bits per heavy atom. The lowest BCUT2D eigenvalue weighted by molar-refractivity contribution is -0.0848. The molecular formula is C8H9ClF3. The first-order chi connectivity index (χ1) is 5.23. The summed E-state index contributed by atoms with van der Waals surface area (Å²) in [7, 11) is 0. The van der Waals surface area contributed by atoms with Gasteiger partial charge in [0.1, 0.15) is 5.03 Å². The second kappa shape index (κ2) is 2.66. The number of hydrogen-bond donors (Lipinski definition) is 0. The molecule has 0 N–H and O–H groups in total. The topological polar surface area (TPSA) is 0 Å². The normalized spacial score (nSPS) is 28.8. The van der Waals surface area contributed by atoms with E-state index in [2.05, 4.69) is 0 Å². The molecule has 0 spiro atoms. The summed E-state index contributed by atoms with van der Waals surface area (Å²) in [6.45, 7) is 3.74. The number of allylic oxidation sites excluding steroid dienone is 2. The maximum Gasteiger partial charge on any atom is 0.426 e. The minimum absolute atomic E-state index is 0.120. The van der Waals surface area contributed by atoms with Crippen molar-refractivity contribution >= 4 is 11.6 Å². The summed E-state index contributed by atoms with van der Waals surface area (Å²) in [6, 6.07) is 0. The Morgan fingerprint density at radius 2 is 1.92 bits per heavy atom. The SMILES string of the molecule is CC1(C)[CH]C1/C=C(\Cl)C(F)(F)F. The van der Waals surface area contributed by atoms with Crippen molar-refractivity contribution in [3.63, 3.8) is 0 Å². The van der Waals surface area contributed by atoms with Crippen molar-refractivity contribution in [1.82, 2.24) is 0 Å². The lowest BCUT2D eigenvalue weighted by Gasteiger charge is -2.04. The summed E-state index contributed by atoms with van der Waals surface area (Å²) >= 11 is 5.04. The largest absolute Gasteiger partial charge is 0.426 e. The molecule has 1 aliphatic carbocycles. The number of halogens is 4. The molecule has 12 heavy (non-hydrogen) atoms. The van der Waals surface area contributed by atoms with Gasteiger partial charge in [-0.1, -0.05) is 31.5 Å². The molecule has 0 amide bonds. The third kappa shape index (κ3) is 2.16. The zero-order valence-corrected chi connectivity index (χ0v) is 7.50. The Kier molecular flexibility index (Phi) is 2.19. The summed E-state index contributed by atoms with van der Waals surface area (Å²) in [5.74, 6) is -0.133. The highest BCUT2D eigenvalue weighted by Gasteiger charge is 2.46. The highest BCUT2D eigenvalue weighted by Crippen LogP contribution is 2.52. The Labute approximate surface area is 74.4 Å². The summed E-state index contributed by atoms with van der Waals surface area (Å²) in [6.07, 6.45) is -1.52. The Balaban J connectivity index is 2.60. The second-order valence-electron chi connectivity index (χ2n) is 3.53. The first-order valence-corrected chi connectivity index (χ1v) is 3.92. The molecule has 0 aromatic rings. The Hall–Kier alpha value is -0.180. The van der Waals surface area contributed by atoms with Crippen LogP contribution in [-0.4, -0.2) is 6.18 Å². The van der Waals surface area contributed by atoms with Crippen molar-refractivity contribution < 1.29 is 13.2 Å². The van der Waals surface area contributed by atoms with E-state index in [1.165, 1.54) is 0 Å². The highest BCUT2D eigenvalue weighted by atomic mass is 35.5. The van der Waals surface area contributed by atoms with Crippen LogP contribution < -0.4 is 0 Å². The molecule has 0 aromatic heterocycles. The molecule has 1 unspecified atom stereocenters. The van der Waals surface area contributed by atoms with Crippen LogP contribution in [0.4, 0.5) is 13.2 Å². The molecule has 1 radical (unpaired) electrons. The molecular weight excluding hydrogens is 189 g/mol. The third-order valence-corrected chi connectivity index (χ3v) is 2.30. The molecule has 4 heteroatoms. The molecule has 69 valence electrons. The molecule has 1 rings (SSSR count). The van der Waals surface area contributed by atoms with Crippen molar-refractivity contribution in [2.75, 3.05) is 0 Å². The molecule has 0 nitrogen and oxygen atoms in total. The zero-order chi connectivity index (χ0) is 9.57. The van der Waals surface area contributed by atoms with Crippen LogP contribution >= 0.6 is 11.6 Å². The van der Waals surface area contributed by atoms with Crippen LogP contribution in [0.1, 0.15) is 13.8 Å². The average Bonchev–Trinajstić information content (AvgIpc) is 2.36. The van der Waals surface area contributed by atoms with Gasteiger partial charge in [-0.3, -0.25) is 0 Å². The van der Waals surface area contributed by atoms with Gasteiger partial charge in [-0.25, -0.2) is 0 Å². The molecule has 0 bridgehead atoms. The second-order valence-corrected chi connectivity index (χ2v) is 3.93. The highest BCUT2D eigenvalue weighted by molar-refractivity contribution is 6.30. The maximum absolute atomic E-state index is 11.9. The first-order valence-electron chi connectivity index (χ1n) is 3.54. The van der Waals surface area contributed by atoms with E-state index < -0.39 is 11.2 Å². The summed E-state index contributed by atoms with van der Waals surface area (Å²) < 4.78 is 35.6. The van der Waals surface area contributed by atoms with Crippen LogP contribution in [0.5, 0.6) is 0 Å². The Bertz CT molecular complexity index is 215. The maximum atomic E-state index is 11.9. The van der Waals surface area contributed by atoms with Crippen LogP contribution in [-0.2, 0) is 0 Å². The van der Waals surface area contributed by atoms with Gasteiger partial charge in [-0.05, 0) is 17.8 Å². The molecule has 0 heterocycles. The van der Waals surface area contributed by atoms with E-state index in [4.69, 9.17) is 11.6 Å². The van der Waals surface area contributed by atoms with Gasteiger partial charge in [0.05, 0.1) is 0 Å². The predicted octanol–water partition coefficient (Wildman–Crippen LogP) is 3.53. The Morgan fingerprint density at radius 1 is 1.50 bits per heavy atom. The summed E-state index contributed by atoms with van der Waals surface area (Å²) in [5.41, 5.74) is -0.120. The molecule has 1 fully saturated rings. The zero-order valence-electron chi connectivity index (χ0n) is 6.74. The van der Waals surface area contributed by atoms with Gasteiger partial charge in [-0.15, -0.1) is 0 Å². The fraction of sp³-hybridized carbons (Fsp3) is 0.625. The fourth-order valence-electron chi connectivity index (χ4n) is 0.930. The van der Waals surface area contributed by atoms with Crippen LogP contribution in [0.2, 0.25) is 0 Å². The van der Waals surface area contributed by atoms with Crippen LogP contribution in [0, 0.1) is 17.8 Å². The predicted molar refractivity (Wildman–Crippen MR) is 41.6 cm³/mol. The van der Waals surface area contributed by atoms with Gasteiger partial charge in [-0.2, -0.15) is 13.2 Å². The van der Waals surface area contributed by atoms with Crippen molar-refractivity contribution in [1.29, 1.82) is 0 Å². The van der Waals surface area contributed by atoms with E-state index in [0.717, 1.165) is 6.08 Å². The van der Waals surface area contributed by atoms with E-state index in [1.807, 2.05) is 20.3 Å². The molecule has 1 atom stereocenters. The van der Waals surface area contributed by atoms with E-state index in [-0.39, 0.29) is 11.3 Å². The number of hydrogen-bond acceptors (Lipinski definition) is 0. The quantitative estimate of drug-likeness (QED) is 0.603.